The molecule has 1 aromatic rings. The van der Waals surface area contributed by atoms with Crippen LogP contribution in [0.3, 0.4) is 0 Å². The van der Waals surface area contributed by atoms with E-state index in [9.17, 15) is 13.6 Å². The summed E-state index contributed by atoms with van der Waals surface area (Å²) in [6, 6.07) is 2.78. The lowest BCUT2D eigenvalue weighted by Crippen LogP contribution is -2.10. The van der Waals surface area contributed by atoms with Crippen LogP contribution in [-0.2, 0) is 0 Å². The summed E-state index contributed by atoms with van der Waals surface area (Å²) in [5.41, 5.74) is 4.89. The van der Waals surface area contributed by atoms with E-state index in [1.165, 1.54) is 0 Å². The summed E-state index contributed by atoms with van der Waals surface area (Å²) >= 11 is 0. The fraction of sp³-hybridized carbons (Fsp3) is 0.222. The Hall–Kier alpha value is -1.00. The van der Waals surface area contributed by atoms with Gasteiger partial charge in [0.15, 0.2) is 5.78 Å². The van der Waals surface area contributed by atoms with Crippen molar-refractivity contribution in [3.05, 3.63) is 35.4 Å². The second-order valence-electron chi connectivity index (χ2n) is 2.59. The molecule has 1 rings (SSSR count). The summed E-state index contributed by atoms with van der Waals surface area (Å²) in [6.45, 7) is 0.134. The molecule has 0 aliphatic heterocycles. The Balaban J connectivity index is 0.00000169. The highest BCUT2D eigenvalue weighted by Gasteiger charge is 2.11. The molecule has 2 N–H and O–H groups in total. The first kappa shape index (κ1) is 13.0. The molecule has 2 nitrogen and oxygen atoms in total. The van der Waals surface area contributed by atoms with Gasteiger partial charge in [0.05, 0.1) is 5.56 Å². The van der Waals surface area contributed by atoms with Crippen LogP contribution in [0.1, 0.15) is 16.8 Å². The molecule has 0 aliphatic rings. The number of hydrogen-bond donors (Lipinski definition) is 1. The molecule has 0 spiro atoms. The quantitative estimate of drug-likeness (QED) is 0.793. The first-order valence-corrected chi connectivity index (χ1v) is 3.83. The van der Waals surface area contributed by atoms with Crippen molar-refractivity contribution >= 4 is 18.2 Å². The van der Waals surface area contributed by atoms with Crippen LogP contribution in [0, 0.1) is 11.6 Å². The minimum absolute atomic E-state index is 0. The van der Waals surface area contributed by atoms with Crippen molar-refractivity contribution < 1.29 is 13.6 Å². The number of Topliss-reactive ketones (excluding diaryl/α,β-unsaturated/α-hetero) is 1. The van der Waals surface area contributed by atoms with Crippen molar-refractivity contribution in [2.45, 2.75) is 6.42 Å². The number of rotatable bonds is 3. The number of halogens is 3. The molecule has 0 atom stereocenters. The topological polar surface area (TPSA) is 43.1 Å². The molecule has 0 saturated heterocycles. The average molecular weight is 222 g/mol. The molecule has 1 aromatic carbocycles. The Morgan fingerprint density at radius 2 is 2.00 bits per heavy atom. The van der Waals surface area contributed by atoms with Gasteiger partial charge in [-0.05, 0) is 24.7 Å². The summed E-state index contributed by atoms with van der Waals surface area (Å²) in [5.74, 6) is -1.80. The van der Waals surface area contributed by atoms with Gasteiger partial charge in [0.2, 0.25) is 0 Å². The second kappa shape index (κ2) is 5.67. The zero-order chi connectivity index (χ0) is 9.84. The molecule has 0 amide bonds. The van der Waals surface area contributed by atoms with Gasteiger partial charge in [-0.1, -0.05) is 0 Å². The lowest BCUT2D eigenvalue weighted by Gasteiger charge is -2.00. The molecule has 0 unspecified atom stereocenters. The zero-order valence-electron chi connectivity index (χ0n) is 7.30. The van der Waals surface area contributed by atoms with E-state index in [1.54, 1.807) is 0 Å². The standard InChI is InChI=1S/C9H9F2NO.ClH/c10-6-1-2-8(11)7(5-6)9(13)3-4-12;/h1-2,5H,3-4,12H2;1H. The Labute approximate surface area is 86.5 Å². The zero-order valence-corrected chi connectivity index (χ0v) is 8.11. The van der Waals surface area contributed by atoms with Gasteiger partial charge in [-0.25, -0.2) is 8.78 Å². The summed E-state index contributed by atoms with van der Waals surface area (Å²) < 4.78 is 25.5. The van der Waals surface area contributed by atoms with Gasteiger partial charge in [-0.3, -0.25) is 4.79 Å². The van der Waals surface area contributed by atoms with Crippen LogP contribution in [0.5, 0.6) is 0 Å². The van der Waals surface area contributed by atoms with Crippen LogP contribution in [0.25, 0.3) is 0 Å². The molecule has 0 radical (unpaired) electrons. The molecule has 0 saturated carbocycles. The van der Waals surface area contributed by atoms with Gasteiger partial charge in [-0.2, -0.15) is 0 Å². The Kier molecular flexibility index (Phi) is 5.27. The van der Waals surface area contributed by atoms with E-state index in [4.69, 9.17) is 5.73 Å². The monoisotopic (exact) mass is 221 g/mol. The smallest absolute Gasteiger partial charge is 0.167 e. The van der Waals surface area contributed by atoms with Crippen molar-refractivity contribution in [2.75, 3.05) is 6.54 Å². The Bertz CT molecular complexity index is 331. The number of nitrogens with two attached hydrogens (primary N) is 1. The van der Waals surface area contributed by atoms with Crippen molar-refractivity contribution in [3.63, 3.8) is 0 Å². The SMILES string of the molecule is Cl.NCCC(=O)c1cc(F)ccc1F. The molecular weight excluding hydrogens is 212 g/mol. The van der Waals surface area contributed by atoms with Gasteiger partial charge in [0.1, 0.15) is 11.6 Å². The van der Waals surface area contributed by atoms with Gasteiger partial charge in [0.25, 0.3) is 0 Å². The summed E-state index contributed by atoms with van der Waals surface area (Å²) in [4.78, 5) is 11.1. The van der Waals surface area contributed by atoms with Crippen LogP contribution < -0.4 is 5.73 Å². The van der Waals surface area contributed by atoms with E-state index in [0.717, 1.165) is 18.2 Å². The molecule has 0 bridgehead atoms. The molecule has 0 fully saturated rings. The van der Waals surface area contributed by atoms with Crippen LogP contribution >= 0.6 is 12.4 Å². The summed E-state index contributed by atoms with van der Waals surface area (Å²) in [7, 11) is 0. The average Bonchev–Trinajstić information content (AvgIpc) is 2.09. The number of carbonyl (C=O) groups excluding carboxylic acids is 1. The van der Waals surface area contributed by atoms with E-state index in [2.05, 4.69) is 0 Å². The van der Waals surface area contributed by atoms with Crippen LogP contribution in [-0.4, -0.2) is 12.3 Å². The number of benzene rings is 1. The highest BCUT2D eigenvalue weighted by molar-refractivity contribution is 5.96. The maximum Gasteiger partial charge on any atom is 0.167 e. The highest BCUT2D eigenvalue weighted by atomic mass is 35.5. The van der Waals surface area contributed by atoms with E-state index in [0.29, 0.717) is 0 Å². The maximum absolute atomic E-state index is 12.9. The molecule has 0 aromatic heterocycles. The predicted octanol–water partition coefficient (Wildman–Crippen LogP) is 1.92. The molecule has 78 valence electrons. The number of ketones is 1. The largest absolute Gasteiger partial charge is 0.330 e. The first-order chi connectivity index (χ1) is 6.15. The number of carbonyl (C=O) groups is 1. The van der Waals surface area contributed by atoms with Crippen molar-refractivity contribution in [2.24, 2.45) is 5.73 Å². The Morgan fingerprint density at radius 3 is 2.57 bits per heavy atom. The van der Waals surface area contributed by atoms with Crippen LogP contribution in [0.2, 0.25) is 0 Å². The van der Waals surface area contributed by atoms with Crippen LogP contribution in [0.15, 0.2) is 18.2 Å². The van der Waals surface area contributed by atoms with Crippen molar-refractivity contribution in [1.29, 1.82) is 0 Å². The fourth-order valence-corrected chi connectivity index (χ4v) is 0.977. The summed E-state index contributed by atoms with van der Waals surface area (Å²) in [5, 5.41) is 0. The van der Waals surface area contributed by atoms with Gasteiger partial charge in [-0.15, -0.1) is 12.4 Å². The maximum atomic E-state index is 12.9. The molecule has 0 aliphatic carbocycles. The van der Waals surface area contributed by atoms with Crippen LogP contribution in [0.4, 0.5) is 8.78 Å². The molecular formula is C9H10ClF2NO. The van der Waals surface area contributed by atoms with E-state index < -0.39 is 17.4 Å². The summed E-state index contributed by atoms with van der Waals surface area (Å²) in [6.07, 6.45) is 0.0281. The third-order valence-electron chi connectivity index (χ3n) is 1.60. The van der Waals surface area contributed by atoms with E-state index >= 15 is 0 Å². The van der Waals surface area contributed by atoms with Gasteiger partial charge < -0.3 is 5.73 Å². The molecule has 5 heteroatoms. The lowest BCUT2D eigenvalue weighted by atomic mass is 10.1. The first-order valence-electron chi connectivity index (χ1n) is 3.83. The minimum atomic E-state index is -0.708. The van der Waals surface area contributed by atoms with E-state index in [-0.39, 0.29) is 30.9 Å². The highest BCUT2D eigenvalue weighted by Crippen LogP contribution is 2.11. The van der Waals surface area contributed by atoms with E-state index in [1.807, 2.05) is 0 Å². The Morgan fingerprint density at radius 1 is 1.36 bits per heavy atom. The molecule has 0 heterocycles. The molecule has 14 heavy (non-hydrogen) atoms. The lowest BCUT2D eigenvalue weighted by molar-refractivity contribution is 0.0981. The number of hydrogen-bond acceptors (Lipinski definition) is 2. The van der Waals surface area contributed by atoms with Gasteiger partial charge in [0, 0.05) is 6.42 Å². The van der Waals surface area contributed by atoms with Crippen molar-refractivity contribution in [3.8, 4) is 0 Å². The normalized spacial score (nSPS) is 9.36. The van der Waals surface area contributed by atoms with Gasteiger partial charge >= 0.3 is 0 Å². The second-order valence-corrected chi connectivity index (χ2v) is 2.59. The minimum Gasteiger partial charge on any atom is -0.330 e. The fourth-order valence-electron chi connectivity index (χ4n) is 0.977. The predicted molar refractivity (Wildman–Crippen MR) is 51.6 cm³/mol. The third kappa shape index (κ3) is 3.05. The van der Waals surface area contributed by atoms with Crippen molar-refractivity contribution in [1.82, 2.24) is 0 Å². The third-order valence-corrected chi connectivity index (χ3v) is 1.60.